The lowest BCUT2D eigenvalue weighted by Gasteiger charge is -2.26. The summed E-state index contributed by atoms with van der Waals surface area (Å²) in [5.41, 5.74) is 1.33. The van der Waals surface area contributed by atoms with Crippen molar-refractivity contribution in [2.24, 2.45) is 0 Å². The molecule has 0 bridgehead atoms. The van der Waals surface area contributed by atoms with E-state index in [1.54, 1.807) is 0 Å². The SMILES string of the molecule is O=C(NCCN1CCCCC1)c1nnn2c1C(=O)NC(c1ccccc1)C2. The minimum Gasteiger partial charge on any atom is -0.349 e. The molecule has 1 aromatic carbocycles. The van der Waals surface area contributed by atoms with Gasteiger partial charge in [0.1, 0.15) is 0 Å². The van der Waals surface area contributed by atoms with Crippen molar-refractivity contribution < 1.29 is 9.59 Å². The normalized spacial score (nSPS) is 20.0. The Morgan fingerprint density at radius 1 is 1.19 bits per heavy atom. The molecule has 0 spiro atoms. The van der Waals surface area contributed by atoms with Crippen molar-refractivity contribution in [3.63, 3.8) is 0 Å². The number of piperidine rings is 1. The molecule has 1 fully saturated rings. The van der Waals surface area contributed by atoms with Crippen LogP contribution in [0.2, 0.25) is 0 Å². The van der Waals surface area contributed by atoms with E-state index in [-0.39, 0.29) is 29.2 Å². The lowest BCUT2D eigenvalue weighted by Crippen LogP contribution is -2.41. The van der Waals surface area contributed by atoms with E-state index in [2.05, 4.69) is 25.8 Å². The first kappa shape index (κ1) is 17.7. The van der Waals surface area contributed by atoms with Crippen molar-refractivity contribution >= 4 is 11.8 Å². The second-order valence-electron chi connectivity index (χ2n) is 7.06. The molecule has 2 aromatic rings. The highest BCUT2D eigenvalue weighted by molar-refractivity contribution is 6.05. The summed E-state index contributed by atoms with van der Waals surface area (Å²) in [5, 5.41) is 13.8. The number of hydrogen-bond donors (Lipinski definition) is 2. The molecule has 4 rings (SSSR count). The maximum absolute atomic E-state index is 12.6. The van der Waals surface area contributed by atoms with Crippen molar-refractivity contribution in [2.75, 3.05) is 26.2 Å². The molecule has 1 saturated heterocycles. The quantitative estimate of drug-likeness (QED) is 0.821. The summed E-state index contributed by atoms with van der Waals surface area (Å²) < 4.78 is 1.52. The molecule has 0 saturated carbocycles. The molecule has 0 aliphatic carbocycles. The summed E-state index contributed by atoms with van der Waals surface area (Å²) >= 11 is 0. The average Bonchev–Trinajstić information content (AvgIpc) is 3.14. The van der Waals surface area contributed by atoms with E-state index in [1.807, 2.05) is 30.3 Å². The fourth-order valence-electron chi connectivity index (χ4n) is 3.73. The molecule has 27 heavy (non-hydrogen) atoms. The maximum Gasteiger partial charge on any atom is 0.274 e. The summed E-state index contributed by atoms with van der Waals surface area (Å²) in [7, 11) is 0. The van der Waals surface area contributed by atoms with Crippen LogP contribution in [0.5, 0.6) is 0 Å². The zero-order valence-corrected chi connectivity index (χ0v) is 15.2. The number of nitrogens with one attached hydrogen (secondary N) is 2. The van der Waals surface area contributed by atoms with Gasteiger partial charge >= 0.3 is 0 Å². The minimum atomic E-state index is -0.346. The first-order chi connectivity index (χ1) is 13.2. The molecule has 0 radical (unpaired) electrons. The van der Waals surface area contributed by atoms with Crippen LogP contribution >= 0.6 is 0 Å². The van der Waals surface area contributed by atoms with Gasteiger partial charge < -0.3 is 15.5 Å². The number of benzene rings is 1. The van der Waals surface area contributed by atoms with Crippen LogP contribution in [0, 0.1) is 0 Å². The van der Waals surface area contributed by atoms with Crippen LogP contribution in [0.3, 0.4) is 0 Å². The maximum atomic E-state index is 12.6. The van der Waals surface area contributed by atoms with E-state index in [0.29, 0.717) is 13.1 Å². The Hall–Kier alpha value is -2.74. The van der Waals surface area contributed by atoms with Crippen molar-refractivity contribution in [1.29, 1.82) is 0 Å². The van der Waals surface area contributed by atoms with Gasteiger partial charge in [-0.15, -0.1) is 5.10 Å². The molecule has 2 N–H and O–H groups in total. The van der Waals surface area contributed by atoms with Gasteiger partial charge in [-0.05, 0) is 31.5 Å². The van der Waals surface area contributed by atoms with E-state index >= 15 is 0 Å². The Balaban J connectivity index is 1.40. The largest absolute Gasteiger partial charge is 0.349 e. The topological polar surface area (TPSA) is 92.2 Å². The van der Waals surface area contributed by atoms with E-state index in [9.17, 15) is 9.59 Å². The molecule has 1 atom stereocenters. The van der Waals surface area contributed by atoms with Crippen molar-refractivity contribution in [3.8, 4) is 0 Å². The zero-order valence-electron chi connectivity index (χ0n) is 15.2. The fraction of sp³-hybridized carbons (Fsp3) is 0.474. The number of rotatable bonds is 5. The van der Waals surface area contributed by atoms with Gasteiger partial charge in [-0.2, -0.15) is 0 Å². The van der Waals surface area contributed by atoms with Crippen LogP contribution in [-0.2, 0) is 6.54 Å². The van der Waals surface area contributed by atoms with Gasteiger partial charge in [0.2, 0.25) is 0 Å². The van der Waals surface area contributed by atoms with Crippen molar-refractivity contribution in [1.82, 2.24) is 30.5 Å². The molecule has 8 nitrogen and oxygen atoms in total. The highest BCUT2D eigenvalue weighted by Gasteiger charge is 2.32. The Morgan fingerprint density at radius 3 is 2.74 bits per heavy atom. The van der Waals surface area contributed by atoms with Gasteiger partial charge in [0, 0.05) is 13.1 Å². The number of likely N-dealkylation sites (tertiary alicyclic amines) is 1. The number of carbonyl (C=O) groups is 2. The van der Waals surface area contributed by atoms with Crippen molar-refractivity contribution in [2.45, 2.75) is 31.8 Å². The van der Waals surface area contributed by atoms with Crippen LogP contribution in [-0.4, -0.2) is 57.9 Å². The lowest BCUT2D eigenvalue weighted by atomic mass is 10.0. The summed E-state index contributed by atoms with van der Waals surface area (Å²) in [6.45, 7) is 3.98. The number of aromatic nitrogens is 3. The van der Waals surface area contributed by atoms with Gasteiger partial charge in [0.25, 0.3) is 11.8 Å². The molecule has 142 valence electrons. The van der Waals surface area contributed by atoms with E-state index in [4.69, 9.17) is 0 Å². The molecule has 2 aliphatic heterocycles. The van der Waals surface area contributed by atoms with E-state index < -0.39 is 0 Å². The highest BCUT2D eigenvalue weighted by Crippen LogP contribution is 2.21. The Morgan fingerprint density at radius 2 is 1.96 bits per heavy atom. The Bertz CT molecular complexity index is 813. The van der Waals surface area contributed by atoms with Crippen molar-refractivity contribution in [3.05, 3.63) is 47.3 Å². The third-order valence-electron chi connectivity index (χ3n) is 5.19. The van der Waals surface area contributed by atoms with Crippen LogP contribution in [0.15, 0.2) is 30.3 Å². The number of fused-ring (bicyclic) bond motifs is 1. The number of hydrogen-bond acceptors (Lipinski definition) is 5. The van der Waals surface area contributed by atoms with Gasteiger partial charge in [-0.3, -0.25) is 9.59 Å². The van der Waals surface area contributed by atoms with Gasteiger partial charge in [0.15, 0.2) is 11.4 Å². The summed E-state index contributed by atoms with van der Waals surface area (Å²) in [4.78, 5) is 27.4. The summed E-state index contributed by atoms with van der Waals surface area (Å²) in [5.74, 6) is -0.664. The number of nitrogens with zero attached hydrogens (tertiary/aromatic N) is 4. The highest BCUT2D eigenvalue weighted by atomic mass is 16.2. The van der Waals surface area contributed by atoms with Gasteiger partial charge in [-0.1, -0.05) is 42.0 Å². The summed E-state index contributed by atoms with van der Waals surface area (Å²) in [6.07, 6.45) is 3.72. The van der Waals surface area contributed by atoms with Gasteiger partial charge in [-0.25, -0.2) is 4.68 Å². The van der Waals surface area contributed by atoms with E-state index in [1.165, 1.54) is 23.9 Å². The fourth-order valence-corrected chi connectivity index (χ4v) is 3.73. The second kappa shape index (κ2) is 7.87. The van der Waals surface area contributed by atoms with Crippen LogP contribution in [0.25, 0.3) is 0 Å². The molecule has 1 aromatic heterocycles. The number of carbonyl (C=O) groups excluding carboxylic acids is 2. The molecular weight excluding hydrogens is 344 g/mol. The molecular formula is C19H24N6O2. The summed E-state index contributed by atoms with van der Waals surface area (Å²) in [6, 6.07) is 9.53. The van der Waals surface area contributed by atoms with E-state index in [0.717, 1.165) is 25.2 Å². The first-order valence-corrected chi connectivity index (χ1v) is 9.52. The van der Waals surface area contributed by atoms with Crippen LogP contribution < -0.4 is 10.6 Å². The first-order valence-electron chi connectivity index (χ1n) is 9.52. The third-order valence-corrected chi connectivity index (χ3v) is 5.19. The third kappa shape index (κ3) is 3.85. The van der Waals surface area contributed by atoms with Crippen LogP contribution in [0.4, 0.5) is 0 Å². The molecule has 1 unspecified atom stereocenters. The van der Waals surface area contributed by atoms with Gasteiger partial charge in [0.05, 0.1) is 12.6 Å². The molecule has 3 heterocycles. The monoisotopic (exact) mass is 368 g/mol. The lowest BCUT2D eigenvalue weighted by molar-refractivity contribution is 0.0875. The molecule has 2 aliphatic rings. The second-order valence-corrected chi connectivity index (χ2v) is 7.06. The molecule has 8 heteroatoms. The number of amides is 2. The standard InChI is InChI=1S/C19H24N6O2/c26-18(20-9-12-24-10-5-2-6-11-24)16-17-19(27)21-15(13-25(17)23-22-16)14-7-3-1-4-8-14/h1,3-4,7-8,15H,2,5-6,9-13H2,(H,20,26)(H,21,27). The van der Waals surface area contributed by atoms with Crippen LogP contribution in [0.1, 0.15) is 51.8 Å². The smallest absolute Gasteiger partial charge is 0.274 e. The minimum absolute atomic E-state index is 0.0951. The predicted molar refractivity (Wildman–Crippen MR) is 99.3 cm³/mol. The molecule has 2 amide bonds. The average molecular weight is 368 g/mol. The Labute approximate surface area is 157 Å². The predicted octanol–water partition coefficient (Wildman–Crippen LogP) is 0.979. The Kier molecular flexibility index (Phi) is 5.15. The zero-order chi connectivity index (χ0) is 18.6.